The van der Waals surface area contributed by atoms with Crippen molar-refractivity contribution in [2.75, 3.05) is 12.4 Å². The van der Waals surface area contributed by atoms with E-state index >= 15 is 0 Å². The predicted octanol–water partition coefficient (Wildman–Crippen LogP) is 3.87. The number of nitrogens with zero attached hydrogens (tertiary/aromatic N) is 1. The zero-order valence-corrected chi connectivity index (χ0v) is 14.8. The molecular weight excluding hydrogens is 314 g/mol. The second kappa shape index (κ2) is 8.65. The van der Waals surface area contributed by atoms with Crippen molar-refractivity contribution in [3.05, 3.63) is 35.9 Å². The molecule has 1 aromatic rings. The molecule has 0 N–H and O–H groups in total. The second-order valence-electron chi connectivity index (χ2n) is 5.79. The van der Waals surface area contributed by atoms with Gasteiger partial charge in [-0.2, -0.15) is 0 Å². The molecule has 22 heavy (non-hydrogen) atoms. The van der Waals surface area contributed by atoms with Crippen LogP contribution in [0.3, 0.4) is 0 Å². The first-order chi connectivity index (χ1) is 10.6. The Hall–Kier alpha value is -0.910. The molecule has 1 aliphatic rings. The summed E-state index contributed by atoms with van der Waals surface area (Å²) in [6, 6.07) is 10.3. The molecule has 1 aromatic carbocycles. The summed E-state index contributed by atoms with van der Waals surface area (Å²) >= 11 is 6.93. The Labute approximate surface area is 142 Å². The summed E-state index contributed by atoms with van der Waals surface area (Å²) in [4.78, 5) is 14.2. The average Bonchev–Trinajstić information content (AvgIpc) is 2.90. The molecule has 1 amide bonds. The standard InChI is InChI=1S/C17H23NO2S2/c1-13(2)15-12-22-17(21)18(15)16(19)9-6-10-20-11-14-7-4-3-5-8-14/h3-5,7-8,13,15H,6,9-12H2,1-2H3/t15-/m0/s1. The monoisotopic (exact) mass is 337 g/mol. The van der Waals surface area contributed by atoms with E-state index in [-0.39, 0.29) is 11.9 Å². The second-order valence-corrected chi connectivity index (χ2v) is 7.45. The molecule has 0 radical (unpaired) electrons. The van der Waals surface area contributed by atoms with Gasteiger partial charge in [-0.05, 0) is 17.9 Å². The van der Waals surface area contributed by atoms with E-state index in [1.54, 1.807) is 11.8 Å². The van der Waals surface area contributed by atoms with Gasteiger partial charge in [0.15, 0.2) is 0 Å². The lowest BCUT2D eigenvalue weighted by Gasteiger charge is -2.26. The highest BCUT2D eigenvalue weighted by molar-refractivity contribution is 8.23. The molecule has 2 rings (SSSR count). The van der Waals surface area contributed by atoms with E-state index in [1.807, 2.05) is 35.2 Å². The molecule has 120 valence electrons. The minimum atomic E-state index is 0.136. The minimum Gasteiger partial charge on any atom is -0.377 e. The third-order valence-electron chi connectivity index (χ3n) is 3.74. The Morgan fingerprint density at radius 3 is 2.82 bits per heavy atom. The van der Waals surface area contributed by atoms with Gasteiger partial charge in [0.2, 0.25) is 5.91 Å². The number of rotatable bonds is 7. The van der Waals surface area contributed by atoms with E-state index in [1.165, 1.54) is 0 Å². The van der Waals surface area contributed by atoms with Crippen LogP contribution in [0.1, 0.15) is 32.3 Å². The van der Waals surface area contributed by atoms with E-state index in [0.717, 1.165) is 22.1 Å². The summed E-state index contributed by atoms with van der Waals surface area (Å²) in [6.45, 7) is 5.48. The largest absolute Gasteiger partial charge is 0.377 e. The van der Waals surface area contributed by atoms with Crippen LogP contribution in [0.2, 0.25) is 0 Å². The third kappa shape index (κ3) is 4.80. The number of carbonyl (C=O) groups is 1. The Morgan fingerprint density at radius 2 is 2.14 bits per heavy atom. The predicted molar refractivity (Wildman–Crippen MR) is 95.9 cm³/mol. The summed E-state index contributed by atoms with van der Waals surface area (Å²) in [5.41, 5.74) is 1.16. The molecule has 1 aliphatic heterocycles. The van der Waals surface area contributed by atoms with Crippen molar-refractivity contribution in [2.45, 2.75) is 39.3 Å². The number of thioether (sulfide) groups is 1. The fraction of sp³-hybridized carbons (Fsp3) is 0.529. The molecule has 0 unspecified atom stereocenters. The molecule has 0 spiro atoms. The molecule has 1 heterocycles. The van der Waals surface area contributed by atoms with Gasteiger partial charge in [-0.3, -0.25) is 9.69 Å². The molecule has 1 saturated heterocycles. The SMILES string of the molecule is CC(C)[C@@H]1CSC(=S)N1C(=O)CCCOCc1ccccc1. The molecule has 5 heteroatoms. The Kier molecular flexibility index (Phi) is 6.86. The maximum atomic E-state index is 12.4. The van der Waals surface area contributed by atoms with Gasteiger partial charge in [-0.1, -0.05) is 68.2 Å². The van der Waals surface area contributed by atoms with Crippen LogP contribution in [0.25, 0.3) is 0 Å². The van der Waals surface area contributed by atoms with Gasteiger partial charge in [0, 0.05) is 24.8 Å². The first-order valence-electron chi connectivity index (χ1n) is 7.70. The van der Waals surface area contributed by atoms with Gasteiger partial charge in [-0.15, -0.1) is 0 Å². The molecule has 0 bridgehead atoms. The fourth-order valence-electron chi connectivity index (χ4n) is 2.42. The van der Waals surface area contributed by atoms with Gasteiger partial charge in [-0.25, -0.2) is 0 Å². The van der Waals surface area contributed by atoms with Crippen molar-refractivity contribution in [3.8, 4) is 0 Å². The molecule has 0 aliphatic carbocycles. The maximum Gasteiger partial charge on any atom is 0.228 e. The van der Waals surface area contributed by atoms with E-state index in [2.05, 4.69) is 13.8 Å². The quantitative estimate of drug-likeness (QED) is 0.558. The number of carbonyl (C=O) groups excluding carboxylic acids is 1. The highest BCUT2D eigenvalue weighted by Crippen LogP contribution is 2.29. The van der Waals surface area contributed by atoms with Crippen LogP contribution in [-0.4, -0.2) is 33.5 Å². The van der Waals surface area contributed by atoms with Gasteiger partial charge >= 0.3 is 0 Å². The molecule has 0 saturated carbocycles. The zero-order valence-electron chi connectivity index (χ0n) is 13.2. The Morgan fingerprint density at radius 1 is 1.41 bits per heavy atom. The van der Waals surface area contributed by atoms with Crippen LogP contribution in [0.4, 0.5) is 0 Å². The van der Waals surface area contributed by atoms with Crippen molar-refractivity contribution in [1.29, 1.82) is 0 Å². The summed E-state index contributed by atoms with van der Waals surface area (Å²) < 4.78 is 6.36. The van der Waals surface area contributed by atoms with Crippen molar-refractivity contribution >= 4 is 34.2 Å². The van der Waals surface area contributed by atoms with Crippen molar-refractivity contribution < 1.29 is 9.53 Å². The number of amides is 1. The number of hydrogen-bond acceptors (Lipinski definition) is 4. The summed E-state index contributed by atoms with van der Waals surface area (Å²) in [5.74, 6) is 1.50. The van der Waals surface area contributed by atoms with Gasteiger partial charge < -0.3 is 4.74 Å². The summed E-state index contributed by atoms with van der Waals surface area (Å²) in [7, 11) is 0. The van der Waals surface area contributed by atoms with Gasteiger partial charge in [0.05, 0.1) is 6.61 Å². The van der Waals surface area contributed by atoms with Crippen molar-refractivity contribution in [1.82, 2.24) is 4.90 Å². The van der Waals surface area contributed by atoms with Gasteiger partial charge in [0.25, 0.3) is 0 Å². The van der Waals surface area contributed by atoms with Crippen LogP contribution >= 0.6 is 24.0 Å². The number of thiocarbonyl (C=S) groups is 1. The van der Waals surface area contributed by atoms with E-state index in [0.29, 0.717) is 25.6 Å². The van der Waals surface area contributed by atoms with Crippen molar-refractivity contribution in [2.24, 2.45) is 5.92 Å². The highest BCUT2D eigenvalue weighted by atomic mass is 32.2. The normalized spacial score (nSPS) is 18.2. The lowest BCUT2D eigenvalue weighted by atomic mass is 10.0. The van der Waals surface area contributed by atoms with Crippen LogP contribution in [0, 0.1) is 5.92 Å². The molecular formula is C17H23NO2S2. The number of benzene rings is 1. The molecule has 0 aromatic heterocycles. The van der Waals surface area contributed by atoms with Crippen LogP contribution in [0.15, 0.2) is 30.3 Å². The first-order valence-corrected chi connectivity index (χ1v) is 9.09. The first kappa shape index (κ1) is 17.4. The smallest absolute Gasteiger partial charge is 0.228 e. The van der Waals surface area contributed by atoms with E-state index in [9.17, 15) is 4.79 Å². The summed E-state index contributed by atoms with van der Waals surface area (Å²) in [5, 5.41) is 0. The minimum absolute atomic E-state index is 0.136. The molecule has 3 nitrogen and oxygen atoms in total. The van der Waals surface area contributed by atoms with Crippen LogP contribution < -0.4 is 0 Å². The van der Waals surface area contributed by atoms with E-state index in [4.69, 9.17) is 17.0 Å². The lowest BCUT2D eigenvalue weighted by molar-refractivity contribution is -0.129. The number of ether oxygens (including phenoxy) is 1. The Bertz CT molecular complexity index is 505. The Balaban J connectivity index is 1.70. The lowest BCUT2D eigenvalue weighted by Crippen LogP contribution is -2.41. The van der Waals surface area contributed by atoms with Crippen molar-refractivity contribution in [3.63, 3.8) is 0 Å². The maximum absolute atomic E-state index is 12.4. The van der Waals surface area contributed by atoms with Crippen LogP contribution in [0.5, 0.6) is 0 Å². The summed E-state index contributed by atoms with van der Waals surface area (Å²) in [6.07, 6.45) is 1.24. The zero-order chi connectivity index (χ0) is 15.9. The number of hydrogen-bond donors (Lipinski definition) is 0. The highest BCUT2D eigenvalue weighted by Gasteiger charge is 2.35. The molecule has 1 fully saturated rings. The van der Waals surface area contributed by atoms with Crippen LogP contribution in [-0.2, 0) is 16.1 Å². The topological polar surface area (TPSA) is 29.5 Å². The van der Waals surface area contributed by atoms with E-state index < -0.39 is 0 Å². The third-order valence-corrected chi connectivity index (χ3v) is 5.24. The fourth-order valence-corrected chi connectivity index (χ4v) is 4.09. The molecule has 1 atom stereocenters. The van der Waals surface area contributed by atoms with Gasteiger partial charge in [0.1, 0.15) is 4.32 Å². The average molecular weight is 338 g/mol.